The Morgan fingerprint density at radius 2 is 1.96 bits per heavy atom. The lowest BCUT2D eigenvalue weighted by Crippen LogP contribution is -2.67. The highest BCUT2D eigenvalue weighted by Gasteiger charge is 2.54. The van der Waals surface area contributed by atoms with Crippen LogP contribution in [0.2, 0.25) is 0 Å². The molecule has 23 heavy (non-hydrogen) atoms. The largest absolute Gasteiger partial charge is 0.379 e. The van der Waals surface area contributed by atoms with Crippen LogP contribution in [0.25, 0.3) is 0 Å². The van der Waals surface area contributed by atoms with Crippen LogP contribution < -0.4 is 5.32 Å². The summed E-state index contributed by atoms with van der Waals surface area (Å²) >= 11 is 0. The Morgan fingerprint density at radius 1 is 1.26 bits per heavy atom. The Morgan fingerprint density at radius 3 is 2.57 bits per heavy atom. The van der Waals surface area contributed by atoms with E-state index < -0.39 is 20.7 Å². The molecular formula is C15H26N2O5S. The summed E-state index contributed by atoms with van der Waals surface area (Å²) in [5.41, 5.74) is 0. The summed E-state index contributed by atoms with van der Waals surface area (Å²) in [4.78, 5) is 14.6. The molecule has 0 aromatic rings. The first-order valence-electron chi connectivity index (χ1n) is 8.28. The molecule has 0 spiro atoms. The summed E-state index contributed by atoms with van der Waals surface area (Å²) in [6.45, 7) is 7.47. The minimum Gasteiger partial charge on any atom is -0.379 e. The van der Waals surface area contributed by atoms with Crippen molar-refractivity contribution in [2.45, 2.75) is 49.7 Å². The molecule has 3 fully saturated rings. The minimum absolute atomic E-state index is 0.0235. The molecule has 0 aromatic carbocycles. The third-order valence-corrected chi connectivity index (χ3v) is 7.97. The summed E-state index contributed by atoms with van der Waals surface area (Å²) in [6.07, 6.45) is 1.17. The molecule has 3 atom stereocenters. The SMILES string of the molecule is CC1(C)[C@@H](NC(=O)[C@@H]2CC[C@H](CN3CCOCC3)O2)CS1(=O)=O. The number of rotatable bonds is 4. The van der Waals surface area contributed by atoms with Crippen LogP contribution >= 0.6 is 0 Å². The predicted octanol–water partition coefficient (Wildman–Crippen LogP) is -0.442. The highest BCUT2D eigenvalue weighted by atomic mass is 32.2. The standard InChI is InChI=1S/C15H26N2O5S/c1-15(2)13(10-23(15,19)20)16-14(18)12-4-3-11(22-12)9-17-5-7-21-8-6-17/h11-13H,3-10H2,1-2H3,(H,16,18)/t11-,12+,13+/m1/s1. The second kappa shape index (κ2) is 6.31. The van der Waals surface area contributed by atoms with Gasteiger partial charge < -0.3 is 14.8 Å². The van der Waals surface area contributed by atoms with Crippen LogP contribution in [0.15, 0.2) is 0 Å². The number of ether oxygens (including phenoxy) is 2. The predicted molar refractivity (Wildman–Crippen MR) is 85.0 cm³/mol. The number of amides is 1. The van der Waals surface area contributed by atoms with Crippen LogP contribution in [0.4, 0.5) is 0 Å². The van der Waals surface area contributed by atoms with Crippen LogP contribution in [0, 0.1) is 0 Å². The molecule has 132 valence electrons. The van der Waals surface area contributed by atoms with Gasteiger partial charge in [-0.05, 0) is 26.7 Å². The van der Waals surface area contributed by atoms with Crippen molar-refractivity contribution in [1.82, 2.24) is 10.2 Å². The molecule has 3 aliphatic heterocycles. The normalized spacial score (nSPS) is 36.3. The fraction of sp³-hybridized carbons (Fsp3) is 0.933. The first-order chi connectivity index (χ1) is 10.8. The molecule has 0 aliphatic carbocycles. The zero-order chi connectivity index (χ0) is 16.7. The molecule has 8 heteroatoms. The second-order valence-corrected chi connectivity index (χ2v) is 9.80. The van der Waals surface area contributed by atoms with Crippen molar-refractivity contribution >= 4 is 15.7 Å². The molecule has 0 radical (unpaired) electrons. The highest BCUT2D eigenvalue weighted by molar-refractivity contribution is 7.94. The lowest BCUT2D eigenvalue weighted by Gasteiger charge is -2.43. The Labute approximate surface area is 137 Å². The van der Waals surface area contributed by atoms with Crippen molar-refractivity contribution < 1.29 is 22.7 Å². The van der Waals surface area contributed by atoms with Crippen LogP contribution in [0.5, 0.6) is 0 Å². The molecule has 3 rings (SSSR count). The summed E-state index contributed by atoms with van der Waals surface area (Å²) in [5.74, 6) is -0.155. The van der Waals surface area contributed by atoms with Crippen molar-refractivity contribution in [1.29, 1.82) is 0 Å². The van der Waals surface area contributed by atoms with Gasteiger partial charge in [0, 0.05) is 19.6 Å². The summed E-state index contributed by atoms with van der Waals surface area (Å²) in [5, 5.41) is 2.85. The maximum absolute atomic E-state index is 12.3. The number of nitrogens with zero attached hydrogens (tertiary/aromatic N) is 1. The van der Waals surface area contributed by atoms with Gasteiger partial charge in [0.25, 0.3) is 0 Å². The van der Waals surface area contributed by atoms with Crippen molar-refractivity contribution in [2.75, 3.05) is 38.6 Å². The molecule has 0 aromatic heterocycles. The van der Waals surface area contributed by atoms with Crippen molar-refractivity contribution in [3.05, 3.63) is 0 Å². The molecule has 0 unspecified atom stereocenters. The monoisotopic (exact) mass is 346 g/mol. The van der Waals surface area contributed by atoms with E-state index in [1.54, 1.807) is 13.8 Å². The van der Waals surface area contributed by atoms with E-state index in [0.29, 0.717) is 6.42 Å². The summed E-state index contributed by atoms with van der Waals surface area (Å²) in [6, 6.07) is -0.318. The van der Waals surface area contributed by atoms with Gasteiger partial charge in [0.1, 0.15) is 6.10 Å². The smallest absolute Gasteiger partial charge is 0.249 e. The van der Waals surface area contributed by atoms with E-state index in [2.05, 4.69) is 10.2 Å². The average molecular weight is 346 g/mol. The molecule has 3 saturated heterocycles. The summed E-state index contributed by atoms with van der Waals surface area (Å²) < 4.78 is 33.8. The van der Waals surface area contributed by atoms with Crippen LogP contribution in [-0.2, 0) is 24.1 Å². The highest BCUT2D eigenvalue weighted by Crippen LogP contribution is 2.34. The molecule has 3 heterocycles. The molecular weight excluding hydrogens is 320 g/mol. The topological polar surface area (TPSA) is 84.9 Å². The molecule has 1 amide bonds. The number of carbonyl (C=O) groups excluding carboxylic acids is 1. The van der Waals surface area contributed by atoms with Gasteiger partial charge in [-0.3, -0.25) is 9.69 Å². The zero-order valence-corrected chi connectivity index (χ0v) is 14.6. The average Bonchev–Trinajstić information content (AvgIpc) is 2.96. The minimum atomic E-state index is -3.08. The Hall–Kier alpha value is -0.700. The Kier molecular flexibility index (Phi) is 4.70. The van der Waals surface area contributed by atoms with E-state index >= 15 is 0 Å². The molecule has 0 saturated carbocycles. The zero-order valence-electron chi connectivity index (χ0n) is 13.8. The number of morpholine rings is 1. The van der Waals surface area contributed by atoms with Gasteiger partial charge in [0.15, 0.2) is 9.84 Å². The molecule has 0 bridgehead atoms. The molecule has 1 N–H and O–H groups in total. The Balaban J connectivity index is 1.46. The van der Waals surface area contributed by atoms with Gasteiger partial charge in [0.2, 0.25) is 5.91 Å². The van der Waals surface area contributed by atoms with Crippen molar-refractivity contribution in [3.8, 4) is 0 Å². The van der Waals surface area contributed by atoms with Gasteiger partial charge in [-0.25, -0.2) is 8.42 Å². The lowest BCUT2D eigenvalue weighted by molar-refractivity contribution is -0.133. The van der Waals surface area contributed by atoms with Crippen LogP contribution in [-0.4, -0.2) is 80.8 Å². The summed E-state index contributed by atoms with van der Waals surface area (Å²) in [7, 11) is -3.08. The van der Waals surface area contributed by atoms with Crippen LogP contribution in [0.1, 0.15) is 26.7 Å². The van der Waals surface area contributed by atoms with Crippen molar-refractivity contribution in [2.24, 2.45) is 0 Å². The number of hydrogen-bond donors (Lipinski definition) is 1. The van der Waals surface area contributed by atoms with Crippen LogP contribution in [0.3, 0.4) is 0 Å². The van der Waals surface area contributed by atoms with Gasteiger partial charge in [-0.1, -0.05) is 0 Å². The van der Waals surface area contributed by atoms with Gasteiger partial charge in [-0.2, -0.15) is 0 Å². The number of nitrogens with one attached hydrogen (secondary N) is 1. The van der Waals surface area contributed by atoms with Gasteiger partial charge in [-0.15, -0.1) is 0 Å². The van der Waals surface area contributed by atoms with E-state index in [0.717, 1.165) is 39.3 Å². The van der Waals surface area contributed by atoms with E-state index in [-0.39, 0.29) is 23.8 Å². The number of carbonyl (C=O) groups is 1. The maximum Gasteiger partial charge on any atom is 0.249 e. The Bertz CT molecular complexity index is 556. The third-order valence-electron chi connectivity index (χ3n) is 5.31. The number of sulfone groups is 1. The van der Waals surface area contributed by atoms with Crippen molar-refractivity contribution in [3.63, 3.8) is 0 Å². The number of hydrogen-bond acceptors (Lipinski definition) is 6. The fourth-order valence-corrected chi connectivity index (χ4v) is 4.98. The first-order valence-corrected chi connectivity index (χ1v) is 9.93. The van der Waals surface area contributed by atoms with E-state index in [1.165, 1.54) is 0 Å². The quantitative estimate of drug-likeness (QED) is 0.743. The lowest BCUT2D eigenvalue weighted by atomic mass is 10.0. The maximum atomic E-state index is 12.3. The first kappa shape index (κ1) is 17.1. The van der Waals surface area contributed by atoms with Gasteiger partial charge in [0.05, 0.1) is 35.9 Å². The van der Waals surface area contributed by atoms with E-state index in [1.807, 2.05) is 0 Å². The van der Waals surface area contributed by atoms with Gasteiger partial charge >= 0.3 is 0 Å². The fourth-order valence-electron chi connectivity index (χ4n) is 3.34. The third kappa shape index (κ3) is 3.40. The second-order valence-electron chi connectivity index (χ2n) is 7.18. The molecule has 3 aliphatic rings. The molecule has 7 nitrogen and oxygen atoms in total. The van der Waals surface area contributed by atoms with E-state index in [9.17, 15) is 13.2 Å². The van der Waals surface area contributed by atoms with E-state index in [4.69, 9.17) is 9.47 Å².